The summed E-state index contributed by atoms with van der Waals surface area (Å²) in [5, 5.41) is 1.45. The van der Waals surface area contributed by atoms with E-state index in [1.54, 1.807) is 0 Å². The highest BCUT2D eigenvalue weighted by molar-refractivity contribution is 5.89. The number of piperidine rings is 1. The molecule has 0 spiro atoms. The Hall–Kier alpha value is -2.01. The summed E-state index contributed by atoms with van der Waals surface area (Å²) in [5.74, 6) is 0.485. The van der Waals surface area contributed by atoms with Crippen LogP contribution in [0.5, 0.6) is 0 Å². The van der Waals surface area contributed by atoms with Crippen molar-refractivity contribution in [1.29, 1.82) is 0 Å². The van der Waals surface area contributed by atoms with Crippen molar-refractivity contribution >= 4 is 16.9 Å². The van der Waals surface area contributed by atoms with Crippen LogP contribution >= 0.6 is 0 Å². The lowest BCUT2D eigenvalue weighted by atomic mass is 9.74. The standard InChI is InChI=1S/C22H32N4O/c1-6-26(7-2)22(27)25(5)16-12-18-17-9-8-10-19-21(17)15(13-23(19)3)11-20(18)24(4)14-16/h8-10,13,16,18,20H,6-7,11-12,14H2,1-5H3/t16-,18+,20+/m0/s1. The quantitative estimate of drug-likeness (QED) is 0.833. The molecule has 146 valence electrons. The molecule has 2 heterocycles. The molecule has 1 aliphatic heterocycles. The number of hydrogen-bond donors (Lipinski definition) is 0. The Bertz CT molecular complexity index is 853. The smallest absolute Gasteiger partial charge is 0.320 e. The Morgan fingerprint density at radius 1 is 1.22 bits per heavy atom. The van der Waals surface area contributed by atoms with Crippen LogP contribution in [0.4, 0.5) is 4.79 Å². The molecule has 2 aromatic rings. The molecule has 0 N–H and O–H groups in total. The van der Waals surface area contributed by atoms with Crippen molar-refractivity contribution < 1.29 is 4.79 Å². The van der Waals surface area contributed by atoms with Gasteiger partial charge in [-0.3, -0.25) is 0 Å². The van der Waals surface area contributed by atoms with Crippen LogP contribution in [-0.2, 0) is 13.5 Å². The number of hydrogen-bond acceptors (Lipinski definition) is 2. The molecule has 0 bridgehead atoms. The Morgan fingerprint density at radius 3 is 2.67 bits per heavy atom. The first kappa shape index (κ1) is 18.4. The van der Waals surface area contributed by atoms with Gasteiger partial charge in [0.05, 0.1) is 0 Å². The maximum atomic E-state index is 12.9. The van der Waals surface area contributed by atoms with E-state index < -0.39 is 0 Å². The largest absolute Gasteiger partial charge is 0.350 e. The summed E-state index contributed by atoms with van der Waals surface area (Å²) >= 11 is 0. The average molecular weight is 369 g/mol. The lowest BCUT2D eigenvalue weighted by molar-refractivity contribution is 0.0745. The summed E-state index contributed by atoms with van der Waals surface area (Å²) in [6.45, 7) is 6.58. The number of likely N-dealkylation sites (tertiary alicyclic amines) is 1. The lowest BCUT2D eigenvalue weighted by Crippen LogP contribution is -2.57. The Morgan fingerprint density at radius 2 is 1.96 bits per heavy atom. The third-order valence-corrected chi connectivity index (χ3v) is 6.89. The van der Waals surface area contributed by atoms with Crippen molar-refractivity contribution in [2.24, 2.45) is 7.05 Å². The summed E-state index contributed by atoms with van der Waals surface area (Å²) in [5.41, 5.74) is 4.28. The van der Waals surface area contributed by atoms with Crippen molar-refractivity contribution in [3.05, 3.63) is 35.5 Å². The summed E-state index contributed by atoms with van der Waals surface area (Å²) in [6.07, 6.45) is 4.46. The van der Waals surface area contributed by atoms with Gasteiger partial charge >= 0.3 is 6.03 Å². The maximum Gasteiger partial charge on any atom is 0.320 e. The molecule has 1 aromatic carbocycles. The number of rotatable bonds is 3. The van der Waals surface area contributed by atoms with Gasteiger partial charge in [-0.1, -0.05) is 12.1 Å². The molecule has 1 aromatic heterocycles. The molecule has 4 rings (SSSR count). The molecule has 0 radical (unpaired) electrons. The van der Waals surface area contributed by atoms with Crippen LogP contribution < -0.4 is 0 Å². The lowest BCUT2D eigenvalue weighted by Gasteiger charge is -2.48. The van der Waals surface area contributed by atoms with E-state index in [-0.39, 0.29) is 12.1 Å². The number of likely N-dealkylation sites (N-methyl/N-ethyl adjacent to an activating group) is 2. The normalized spacial score (nSPS) is 24.7. The van der Waals surface area contributed by atoms with Crippen molar-refractivity contribution in [3.63, 3.8) is 0 Å². The minimum Gasteiger partial charge on any atom is -0.350 e. The first-order chi connectivity index (χ1) is 13.0. The maximum absolute atomic E-state index is 12.9. The minimum atomic E-state index is 0.159. The molecule has 27 heavy (non-hydrogen) atoms. The molecule has 2 amide bonds. The highest BCUT2D eigenvalue weighted by Crippen LogP contribution is 2.44. The summed E-state index contributed by atoms with van der Waals surface area (Å²) in [6, 6.07) is 7.67. The summed E-state index contributed by atoms with van der Waals surface area (Å²) in [4.78, 5) is 19.3. The van der Waals surface area contributed by atoms with E-state index in [0.29, 0.717) is 12.0 Å². The minimum absolute atomic E-state index is 0.159. The second-order valence-electron chi connectivity index (χ2n) is 8.28. The fourth-order valence-corrected chi connectivity index (χ4v) is 5.34. The van der Waals surface area contributed by atoms with Gasteiger partial charge in [0.15, 0.2) is 0 Å². The fourth-order valence-electron chi connectivity index (χ4n) is 5.34. The fraction of sp³-hybridized carbons (Fsp3) is 0.591. The van der Waals surface area contributed by atoms with Crippen molar-refractivity contribution in [2.75, 3.05) is 33.7 Å². The van der Waals surface area contributed by atoms with Gasteiger partial charge in [-0.25, -0.2) is 4.79 Å². The number of urea groups is 1. The van der Waals surface area contributed by atoms with Gasteiger partial charge < -0.3 is 19.3 Å². The van der Waals surface area contributed by atoms with Crippen molar-refractivity contribution in [2.45, 2.75) is 44.7 Å². The van der Waals surface area contributed by atoms with Crippen LogP contribution in [0.15, 0.2) is 24.4 Å². The molecule has 5 nitrogen and oxygen atoms in total. The van der Waals surface area contributed by atoms with Gasteiger partial charge in [0.25, 0.3) is 0 Å². The zero-order valence-corrected chi connectivity index (χ0v) is 17.3. The first-order valence-corrected chi connectivity index (χ1v) is 10.2. The second-order valence-corrected chi connectivity index (χ2v) is 8.28. The topological polar surface area (TPSA) is 31.7 Å². The van der Waals surface area contributed by atoms with E-state index in [1.165, 1.54) is 22.0 Å². The third-order valence-electron chi connectivity index (χ3n) is 6.89. The van der Waals surface area contributed by atoms with E-state index >= 15 is 0 Å². The number of carbonyl (C=O) groups is 1. The van der Waals surface area contributed by atoms with Crippen LogP contribution in [0, 0.1) is 0 Å². The molecule has 2 aliphatic rings. The van der Waals surface area contributed by atoms with Gasteiger partial charge in [-0.15, -0.1) is 0 Å². The van der Waals surface area contributed by atoms with Crippen LogP contribution in [0.1, 0.15) is 37.3 Å². The van der Waals surface area contributed by atoms with Crippen molar-refractivity contribution in [3.8, 4) is 0 Å². The van der Waals surface area contributed by atoms with E-state index in [0.717, 1.165) is 32.5 Å². The molecule has 0 saturated carbocycles. The SMILES string of the molecule is CCN(CC)C(=O)N(C)[C@H]1C[C@@H]2c3cccc4c3c(cn4C)C[C@H]2N(C)C1. The Kier molecular flexibility index (Phi) is 4.66. The number of aromatic nitrogens is 1. The number of carbonyl (C=O) groups excluding carboxylic acids is 1. The van der Waals surface area contributed by atoms with Crippen molar-refractivity contribution in [1.82, 2.24) is 19.3 Å². The molecule has 1 aliphatic carbocycles. The number of benzene rings is 1. The van der Waals surface area contributed by atoms with Crippen LogP contribution in [0.3, 0.4) is 0 Å². The molecular weight excluding hydrogens is 336 g/mol. The average Bonchev–Trinajstić information content (AvgIpc) is 3.00. The molecule has 1 saturated heterocycles. The third kappa shape index (κ3) is 2.83. The first-order valence-electron chi connectivity index (χ1n) is 10.2. The zero-order valence-electron chi connectivity index (χ0n) is 17.3. The highest BCUT2D eigenvalue weighted by Gasteiger charge is 2.41. The number of fused-ring (bicyclic) bond motifs is 2. The second kappa shape index (κ2) is 6.86. The van der Waals surface area contributed by atoms with Gasteiger partial charge in [0.2, 0.25) is 0 Å². The highest BCUT2D eigenvalue weighted by atomic mass is 16.2. The number of nitrogens with zero attached hydrogens (tertiary/aromatic N) is 4. The molecular formula is C22H32N4O. The predicted molar refractivity (Wildman–Crippen MR) is 110 cm³/mol. The number of amides is 2. The molecule has 0 unspecified atom stereocenters. The van der Waals surface area contributed by atoms with Gasteiger partial charge in [-0.2, -0.15) is 0 Å². The number of aryl methyl sites for hydroxylation is 1. The van der Waals surface area contributed by atoms with Gasteiger partial charge in [0.1, 0.15) is 0 Å². The zero-order chi connectivity index (χ0) is 19.3. The van der Waals surface area contributed by atoms with Crippen LogP contribution in [0.2, 0.25) is 0 Å². The van der Waals surface area contributed by atoms with E-state index in [4.69, 9.17) is 0 Å². The van der Waals surface area contributed by atoms with E-state index in [1.807, 2.05) is 16.8 Å². The predicted octanol–water partition coefficient (Wildman–Crippen LogP) is 3.28. The summed E-state index contributed by atoms with van der Waals surface area (Å²) < 4.78 is 2.26. The molecule has 1 fully saturated rings. The van der Waals surface area contributed by atoms with E-state index in [9.17, 15) is 4.79 Å². The molecule has 3 atom stereocenters. The monoisotopic (exact) mass is 368 g/mol. The van der Waals surface area contributed by atoms with Gasteiger partial charge in [0, 0.05) is 68.8 Å². The van der Waals surface area contributed by atoms with E-state index in [2.05, 4.69) is 61.8 Å². The van der Waals surface area contributed by atoms with Gasteiger partial charge in [-0.05, 0) is 50.9 Å². The summed E-state index contributed by atoms with van der Waals surface area (Å²) in [7, 11) is 6.36. The van der Waals surface area contributed by atoms with Crippen LogP contribution in [-0.4, -0.2) is 71.1 Å². The van der Waals surface area contributed by atoms with Crippen LogP contribution in [0.25, 0.3) is 10.9 Å². The molecule has 5 heteroatoms. The Labute approximate surface area is 162 Å². The Balaban J connectivity index is 1.66.